The van der Waals surface area contributed by atoms with Crippen molar-refractivity contribution in [1.29, 1.82) is 0 Å². The van der Waals surface area contributed by atoms with Gasteiger partial charge in [0.2, 0.25) is 11.8 Å². The number of carbonyl (C=O) groups excluding carboxylic acids is 1. The van der Waals surface area contributed by atoms with Crippen LogP contribution in [0.2, 0.25) is 0 Å². The molecule has 0 radical (unpaired) electrons. The summed E-state index contributed by atoms with van der Waals surface area (Å²) < 4.78 is 5.73. The predicted octanol–water partition coefficient (Wildman–Crippen LogP) is 4.78. The molecule has 1 unspecified atom stereocenters. The number of nitrogens with one attached hydrogen (secondary N) is 1. The van der Waals surface area contributed by atoms with Crippen LogP contribution in [0.3, 0.4) is 0 Å². The van der Waals surface area contributed by atoms with E-state index in [-0.39, 0.29) is 11.2 Å². The number of rotatable bonds is 5. The molecule has 1 aromatic heterocycles. The summed E-state index contributed by atoms with van der Waals surface area (Å²) in [5.41, 5.74) is 4.92. The average molecular weight is 367 g/mol. The lowest BCUT2D eigenvalue weighted by molar-refractivity contribution is -0.115. The lowest BCUT2D eigenvalue weighted by atomic mass is 10.1. The van der Waals surface area contributed by atoms with Crippen molar-refractivity contribution in [1.82, 2.24) is 10.2 Å². The van der Waals surface area contributed by atoms with Gasteiger partial charge in [0, 0.05) is 11.3 Å². The van der Waals surface area contributed by atoms with Crippen LogP contribution in [-0.2, 0) is 4.79 Å². The van der Waals surface area contributed by atoms with E-state index >= 15 is 0 Å². The largest absolute Gasteiger partial charge is 0.411 e. The van der Waals surface area contributed by atoms with Gasteiger partial charge in [0.1, 0.15) is 0 Å². The Labute approximate surface area is 157 Å². The molecule has 0 aliphatic carbocycles. The van der Waals surface area contributed by atoms with Gasteiger partial charge in [0.05, 0.1) is 5.25 Å². The Hall–Kier alpha value is -2.60. The number of carbonyl (C=O) groups is 1. The Morgan fingerprint density at radius 2 is 1.85 bits per heavy atom. The molecule has 1 N–H and O–H groups in total. The molecule has 1 amide bonds. The first-order valence-electron chi connectivity index (χ1n) is 8.38. The quantitative estimate of drug-likeness (QED) is 0.657. The Bertz CT molecular complexity index is 936. The number of thioether (sulfide) groups is 1. The van der Waals surface area contributed by atoms with E-state index in [1.165, 1.54) is 11.8 Å². The second-order valence-electron chi connectivity index (χ2n) is 6.26. The molecular weight excluding hydrogens is 346 g/mol. The maximum atomic E-state index is 12.5. The highest BCUT2D eigenvalue weighted by Crippen LogP contribution is 2.28. The van der Waals surface area contributed by atoms with Gasteiger partial charge >= 0.3 is 0 Å². The van der Waals surface area contributed by atoms with Crippen molar-refractivity contribution in [3.8, 4) is 11.5 Å². The monoisotopic (exact) mass is 367 g/mol. The summed E-state index contributed by atoms with van der Waals surface area (Å²) in [6.45, 7) is 7.79. The Kier molecular flexibility index (Phi) is 5.42. The zero-order valence-electron chi connectivity index (χ0n) is 15.2. The van der Waals surface area contributed by atoms with Gasteiger partial charge in [-0.25, -0.2) is 0 Å². The number of hydrogen-bond acceptors (Lipinski definition) is 5. The van der Waals surface area contributed by atoms with E-state index in [4.69, 9.17) is 4.42 Å². The Morgan fingerprint density at radius 1 is 1.08 bits per heavy atom. The smallest absolute Gasteiger partial charge is 0.277 e. The van der Waals surface area contributed by atoms with Gasteiger partial charge in [0.15, 0.2) is 0 Å². The highest BCUT2D eigenvalue weighted by molar-refractivity contribution is 8.00. The highest BCUT2D eigenvalue weighted by atomic mass is 32.2. The molecule has 0 aliphatic rings. The van der Waals surface area contributed by atoms with Crippen molar-refractivity contribution in [2.75, 3.05) is 5.32 Å². The van der Waals surface area contributed by atoms with Crippen LogP contribution in [-0.4, -0.2) is 21.4 Å². The minimum atomic E-state index is -0.361. The molecule has 2 aromatic carbocycles. The maximum Gasteiger partial charge on any atom is 0.277 e. The lowest BCUT2D eigenvalue weighted by Crippen LogP contribution is -2.22. The fourth-order valence-electron chi connectivity index (χ4n) is 2.49. The zero-order chi connectivity index (χ0) is 18.7. The van der Waals surface area contributed by atoms with Crippen LogP contribution in [0.5, 0.6) is 0 Å². The molecule has 1 heterocycles. The topological polar surface area (TPSA) is 68.0 Å². The van der Waals surface area contributed by atoms with Gasteiger partial charge in [-0.1, -0.05) is 42.1 Å². The molecule has 26 heavy (non-hydrogen) atoms. The highest BCUT2D eigenvalue weighted by Gasteiger charge is 2.19. The van der Waals surface area contributed by atoms with Crippen LogP contribution >= 0.6 is 11.8 Å². The number of benzene rings is 2. The summed E-state index contributed by atoms with van der Waals surface area (Å²) in [6, 6.07) is 13.8. The fraction of sp³-hybridized carbons (Fsp3) is 0.250. The number of amides is 1. The van der Waals surface area contributed by atoms with E-state index in [0.29, 0.717) is 11.1 Å². The third-order valence-corrected chi connectivity index (χ3v) is 5.01. The summed E-state index contributed by atoms with van der Waals surface area (Å²) in [6.07, 6.45) is 0. The second-order valence-corrected chi connectivity index (χ2v) is 7.55. The first-order chi connectivity index (χ1) is 12.4. The van der Waals surface area contributed by atoms with Gasteiger partial charge in [-0.05, 0) is 56.5 Å². The van der Waals surface area contributed by atoms with Crippen molar-refractivity contribution >= 4 is 23.4 Å². The second kappa shape index (κ2) is 7.74. The van der Waals surface area contributed by atoms with Crippen LogP contribution in [0, 0.1) is 20.8 Å². The normalized spacial score (nSPS) is 12.0. The number of aromatic nitrogens is 2. The fourth-order valence-corrected chi connectivity index (χ4v) is 3.17. The van der Waals surface area contributed by atoms with E-state index in [1.807, 2.05) is 70.2 Å². The molecule has 0 saturated heterocycles. The molecular formula is C20H21N3O2S. The molecule has 6 heteroatoms. The summed E-state index contributed by atoms with van der Waals surface area (Å²) in [7, 11) is 0. The summed E-state index contributed by atoms with van der Waals surface area (Å²) in [4.78, 5) is 12.5. The maximum absolute atomic E-state index is 12.5. The molecule has 0 bridgehead atoms. The minimum Gasteiger partial charge on any atom is -0.411 e. The summed E-state index contributed by atoms with van der Waals surface area (Å²) >= 11 is 1.25. The number of hydrogen-bond donors (Lipinski definition) is 1. The van der Waals surface area contributed by atoms with E-state index in [0.717, 1.165) is 27.9 Å². The molecule has 3 aromatic rings. The van der Waals surface area contributed by atoms with E-state index < -0.39 is 0 Å². The SMILES string of the molecule is Cc1ccc(C)c(NC(=O)C(C)Sc2nnc(-c3ccccc3C)o2)c1. The third kappa shape index (κ3) is 4.14. The molecule has 0 fully saturated rings. The molecule has 1 atom stereocenters. The molecule has 0 spiro atoms. The van der Waals surface area contributed by atoms with Crippen LogP contribution < -0.4 is 5.32 Å². The van der Waals surface area contributed by atoms with E-state index in [2.05, 4.69) is 15.5 Å². The van der Waals surface area contributed by atoms with Crippen molar-refractivity contribution in [3.05, 3.63) is 59.2 Å². The Morgan fingerprint density at radius 3 is 2.62 bits per heavy atom. The predicted molar refractivity (Wildman–Crippen MR) is 104 cm³/mol. The van der Waals surface area contributed by atoms with Gasteiger partial charge in [-0.3, -0.25) is 4.79 Å². The molecule has 0 saturated carbocycles. The van der Waals surface area contributed by atoms with E-state index in [9.17, 15) is 4.79 Å². The summed E-state index contributed by atoms with van der Waals surface area (Å²) in [5, 5.41) is 11.2. The first-order valence-corrected chi connectivity index (χ1v) is 9.26. The number of aryl methyl sites for hydroxylation is 3. The van der Waals surface area contributed by atoms with Gasteiger partial charge < -0.3 is 9.73 Å². The van der Waals surface area contributed by atoms with Crippen molar-refractivity contribution in [2.24, 2.45) is 0 Å². The van der Waals surface area contributed by atoms with Gasteiger partial charge in [-0.2, -0.15) is 0 Å². The van der Waals surface area contributed by atoms with Crippen LogP contribution in [0.25, 0.3) is 11.5 Å². The zero-order valence-corrected chi connectivity index (χ0v) is 16.1. The Balaban J connectivity index is 1.68. The molecule has 5 nitrogen and oxygen atoms in total. The van der Waals surface area contributed by atoms with Crippen LogP contribution in [0.15, 0.2) is 52.1 Å². The first kappa shape index (κ1) is 18.2. The van der Waals surface area contributed by atoms with Gasteiger partial charge in [0.25, 0.3) is 5.22 Å². The molecule has 134 valence electrons. The lowest BCUT2D eigenvalue weighted by Gasteiger charge is -2.12. The number of anilines is 1. The third-order valence-electron chi connectivity index (χ3n) is 4.08. The molecule has 3 rings (SSSR count). The number of nitrogens with zero attached hydrogens (tertiary/aromatic N) is 2. The van der Waals surface area contributed by atoms with Crippen LogP contribution in [0.4, 0.5) is 5.69 Å². The van der Waals surface area contributed by atoms with Crippen molar-refractivity contribution < 1.29 is 9.21 Å². The summed E-state index contributed by atoms with van der Waals surface area (Å²) in [5.74, 6) is 0.368. The standard InChI is InChI=1S/C20H21N3O2S/c1-12-9-10-14(3)17(11-12)21-18(24)15(4)26-20-23-22-19(25-20)16-8-6-5-7-13(16)2/h5-11,15H,1-4H3,(H,21,24). The van der Waals surface area contributed by atoms with Crippen molar-refractivity contribution in [3.63, 3.8) is 0 Å². The van der Waals surface area contributed by atoms with E-state index in [1.54, 1.807) is 0 Å². The minimum absolute atomic E-state index is 0.0978. The van der Waals surface area contributed by atoms with Gasteiger partial charge in [-0.15, -0.1) is 10.2 Å². The molecule has 0 aliphatic heterocycles. The average Bonchev–Trinajstić information content (AvgIpc) is 3.06. The van der Waals surface area contributed by atoms with Crippen molar-refractivity contribution in [2.45, 2.75) is 38.2 Å². The van der Waals surface area contributed by atoms with Crippen LogP contribution in [0.1, 0.15) is 23.6 Å².